The van der Waals surface area contributed by atoms with Gasteiger partial charge in [-0.1, -0.05) is 11.6 Å². The van der Waals surface area contributed by atoms with E-state index in [1.165, 1.54) is 12.1 Å². The van der Waals surface area contributed by atoms with Crippen molar-refractivity contribution in [2.24, 2.45) is 0 Å². The standard InChI is InChI=1S/C17H19ClFN3O2/c1-4-22(10(2)3)16-8-11(18)7-15(21-16)20-12-5-6-13(17(23)24)14(19)9-12/h5-10H,4H2,1-3H3,(H,20,21)(H,23,24). The molecule has 1 aromatic carbocycles. The largest absolute Gasteiger partial charge is 0.478 e. The lowest BCUT2D eigenvalue weighted by molar-refractivity contribution is 0.0692. The predicted octanol–water partition coefficient (Wildman–Crippen LogP) is 4.55. The van der Waals surface area contributed by atoms with E-state index in [2.05, 4.69) is 29.0 Å². The van der Waals surface area contributed by atoms with Crippen LogP contribution in [0.2, 0.25) is 5.02 Å². The van der Waals surface area contributed by atoms with Gasteiger partial charge >= 0.3 is 5.97 Å². The van der Waals surface area contributed by atoms with Gasteiger partial charge in [-0.25, -0.2) is 14.2 Å². The molecule has 0 bridgehead atoms. The molecule has 128 valence electrons. The lowest BCUT2D eigenvalue weighted by atomic mass is 10.2. The molecule has 7 heteroatoms. The van der Waals surface area contributed by atoms with Gasteiger partial charge in [0, 0.05) is 23.3 Å². The van der Waals surface area contributed by atoms with Crippen LogP contribution in [0.1, 0.15) is 31.1 Å². The molecule has 2 rings (SSSR count). The number of pyridine rings is 1. The van der Waals surface area contributed by atoms with E-state index in [-0.39, 0.29) is 11.6 Å². The molecule has 1 aromatic heterocycles. The quantitative estimate of drug-likeness (QED) is 0.799. The van der Waals surface area contributed by atoms with Crippen molar-refractivity contribution in [1.29, 1.82) is 0 Å². The number of carboxylic acids is 1. The first-order valence-corrected chi connectivity index (χ1v) is 7.93. The number of nitrogens with zero attached hydrogens (tertiary/aromatic N) is 2. The third kappa shape index (κ3) is 4.14. The van der Waals surface area contributed by atoms with Crippen LogP contribution in [-0.4, -0.2) is 28.6 Å². The normalized spacial score (nSPS) is 10.8. The summed E-state index contributed by atoms with van der Waals surface area (Å²) < 4.78 is 13.8. The molecule has 0 amide bonds. The number of anilines is 3. The first-order valence-electron chi connectivity index (χ1n) is 7.56. The number of nitrogens with one attached hydrogen (secondary N) is 1. The number of aromatic nitrogens is 1. The maximum Gasteiger partial charge on any atom is 0.338 e. The Kier molecular flexibility index (Phi) is 5.62. The van der Waals surface area contributed by atoms with E-state index < -0.39 is 11.8 Å². The molecule has 0 aliphatic rings. The Bertz CT molecular complexity index is 753. The molecule has 0 unspecified atom stereocenters. The zero-order valence-corrected chi connectivity index (χ0v) is 14.4. The van der Waals surface area contributed by atoms with Gasteiger partial charge < -0.3 is 15.3 Å². The molecule has 0 radical (unpaired) electrons. The summed E-state index contributed by atoms with van der Waals surface area (Å²) in [6.07, 6.45) is 0. The SMILES string of the molecule is CCN(c1cc(Cl)cc(Nc2ccc(C(=O)O)c(F)c2)n1)C(C)C. The fourth-order valence-electron chi connectivity index (χ4n) is 2.40. The summed E-state index contributed by atoms with van der Waals surface area (Å²) in [5.41, 5.74) is 0.0167. The molecule has 0 spiro atoms. The minimum absolute atomic E-state index is 0.251. The number of benzene rings is 1. The second kappa shape index (κ2) is 7.49. The molecule has 2 N–H and O–H groups in total. The number of rotatable bonds is 6. The molecule has 0 saturated heterocycles. The fourth-order valence-corrected chi connectivity index (χ4v) is 2.60. The van der Waals surface area contributed by atoms with Gasteiger partial charge in [-0.05, 0) is 51.1 Å². The van der Waals surface area contributed by atoms with E-state index in [0.29, 0.717) is 22.3 Å². The highest BCUT2D eigenvalue weighted by atomic mass is 35.5. The molecule has 0 fully saturated rings. The van der Waals surface area contributed by atoms with Crippen LogP contribution in [0.3, 0.4) is 0 Å². The number of carbonyl (C=O) groups is 1. The number of carboxylic acid groups (broad SMARTS) is 1. The van der Waals surface area contributed by atoms with Crippen LogP contribution in [-0.2, 0) is 0 Å². The van der Waals surface area contributed by atoms with Gasteiger partial charge in [-0.15, -0.1) is 0 Å². The first kappa shape index (κ1) is 18.0. The summed E-state index contributed by atoms with van der Waals surface area (Å²) in [7, 11) is 0. The minimum Gasteiger partial charge on any atom is -0.478 e. The molecular weight excluding hydrogens is 333 g/mol. The summed E-state index contributed by atoms with van der Waals surface area (Å²) in [6.45, 7) is 6.90. The Morgan fingerprint density at radius 3 is 2.62 bits per heavy atom. The highest BCUT2D eigenvalue weighted by Crippen LogP contribution is 2.26. The van der Waals surface area contributed by atoms with Crippen molar-refractivity contribution in [3.63, 3.8) is 0 Å². The minimum atomic E-state index is -1.31. The Balaban J connectivity index is 2.31. The van der Waals surface area contributed by atoms with Crippen molar-refractivity contribution < 1.29 is 14.3 Å². The molecule has 0 saturated carbocycles. The second-order valence-electron chi connectivity index (χ2n) is 5.53. The van der Waals surface area contributed by atoms with E-state index in [9.17, 15) is 9.18 Å². The van der Waals surface area contributed by atoms with Crippen LogP contribution >= 0.6 is 11.6 Å². The van der Waals surface area contributed by atoms with Crippen molar-refractivity contribution in [2.45, 2.75) is 26.8 Å². The zero-order valence-electron chi connectivity index (χ0n) is 13.7. The molecule has 0 aliphatic carbocycles. The summed E-state index contributed by atoms with van der Waals surface area (Å²) >= 11 is 6.16. The highest BCUT2D eigenvalue weighted by molar-refractivity contribution is 6.31. The van der Waals surface area contributed by atoms with Crippen molar-refractivity contribution in [2.75, 3.05) is 16.8 Å². The lowest BCUT2D eigenvalue weighted by Crippen LogP contribution is -2.31. The van der Waals surface area contributed by atoms with Gasteiger partial charge in [0.05, 0.1) is 5.56 Å². The van der Waals surface area contributed by atoms with Gasteiger partial charge in [-0.2, -0.15) is 0 Å². The van der Waals surface area contributed by atoms with Crippen LogP contribution < -0.4 is 10.2 Å². The third-order valence-corrected chi connectivity index (χ3v) is 3.73. The number of hydrogen-bond donors (Lipinski definition) is 2. The fraction of sp³-hybridized carbons (Fsp3) is 0.294. The number of halogens is 2. The molecule has 2 aromatic rings. The van der Waals surface area contributed by atoms with Gasteiger partial charge in [0.2, 0.25) is 0 Å². The molecule has 0 aliphatic heterocycles. The van der Waals surface area contributed by atoms with Crippen molar-refractivity contribution >= 4 is 34.9 Å². The smallest absolute Gasteiger partial charge is 0.338 e. The van der Waals surface area contributed by atoms with Crippen LogP contribution in [0.25, 0.3) is 0 Å². The van der Waals surface area contributed by atoms with E-state index in [4.69, 9.17) is 16.7 Å². The zero-order chi connectivity index (χ0) is 17.9. The number of aromatic carboxylic acids is 1. The van der Waals surface area contributed by atoms with E-state index in [0.717, 1.165) is 12.6 Å². The topological polar surface area (TPSA) is 65.5 Å². The van der Waals surface area contributed by atoms with Crippen LogP contribution in [0, 0.1) is 5.82 Å². The molecule has 0 atom stereocenters. The second-order valence-corrected chi connectivity index (χ2v) is 5.97. The van der Waals surface area contributed by atoms with Crippen LogP contribution in [0.4, 0.5) is 21.7 Å². The summed E-state index contributed by atoms with van der Waals surface area (Å²) in [6, 6.07) is 7.45. The van der Waals surface area contributed by atoms with Gasteiger partial charge in [0.25, 0.3) is 0 Å². The maximum atomic E-state index is 13.8. The average Bonchev–Trinajstić information content (AvgIpc) is 2.46. The maximum absolute atomic E-state index is 13.8. The van der Waals surface area contributed by atoms with Crippen molar-refractivity contribution in [3.8, 4) is 0 Å². The van der Waals surface area contributed by atoms with E-state index in [1.807, 2.05) is 6.92 Å². The van der Waals surface area contributed by atoms with E-state index >= 15 is 0 Å². The summed E-state index contributed by atoms with van der Waals surface area (Å²) in [5.74, 6) is -0.950. The highest BCUT2D eigenvalue weighted by Gasteiger charge is 2.13. The van der Waals surface area contributed by atoms with Crippen LogP contribution in [0.15, 0.2) is 30.3 Å². The molecular formula is C17H19ClFN3O2. The van der Waals surface area contributed by atoms with E-state index in [1.54, 1.807) is 12.1 Å². The molecule has 5 nitrogen and oxygen atoms in total. The first-order chi connectivity index (χ1) is 11.3. The Morgan fingerprint density at radius 2 is 2.08 bits per heavy atom. The van der Waals surface area contributed by atoms with Crippen molar-refractivity contribution in [1.82, 2.24) is 4.98 Å². The Labute approximate surface area is 145 Å². The predicted molar refractivity (Wildman–Crippen MR) is 94.0 cm³/mol. The van der Waals surface area contributed by atoms with Gasteiger partial charge in [0.1, 0.15) is 17.5 Å². The van der Waals surface area contributed by atoms with Gasteiger partial charge in [-0.3, -0.25) is 0 Å². The number of hydrogen-bond acceptors (Lipinski definition) is 4. The van der Waals surface area contributed by atoms with Gasteiger partial charge in [0.15, 0.2) is 0 Å². The Morgan fingerprint density at radius 1 is 1.38 bits per heavy atom. The third-order valence-electron chi connectivity index (χ3n) is 3.51. The summed E-state index contributed by atoms with van der Waals surface area (Å²) in [5, 5.41) is 12.3. The Hall–Kier alpha value is -2.34. The lowest BCUT2D eigenvalue weighted by Gasteiger charge is -2.26. The average molecular weight is 352 g/mol. The molecule has 24 heavy (non-hydrogen) atoms. The summed E-state index contributed by atoms with van der Waals surface area (Å²) in [4.78, 5) is 17.4. The molecule has 1 heterocycles. The van der Waals surface area contributed by atoms with Crippen LogP contribution in [0.5, 0.6) is 0 Å². The van der Waals surface area contributed by atoms with Crippen molar-refractivity contribution in [3.05, 3.63) is 46.7 Å². The monoisotopic (exact) mass is 351 g/mol.